The van der Waals surface area contributed by atoms with Gasteiger partial charge in [0, 0.05) is 29.4 Å². The number of benzene rings is 2. The van der Waals surface area contributed by atoms with Crippen LogP contribution in [-0.2, 0) is 5.41 Å². The molecule has 120 valence electrons. The Kier molecular flexibility index (Phi) is 3.14. The molecule has 0 radical (unpaired) electrons. The number of H-pyrrole nitrogens is 1. The van der Waals surface area contributed by atoms with E-state index in [9.17, 15) is 4.79 Å². The molecule has 2 heterocycles. The molecule has 2 aromatic heterocycles. The van der Waals surface area contributed by atoms with Crippen molar-refractivity contribution in [2.45, 2.75) is 26.2 Å². The lowest BCUT2D eigenvalue weighted by atomic mass is 9.85. The van der Waals surface area contributed by atoms with Gasteiger partial charge in [-0.05, 0) is 46.7 Å². The van der Waals surface area contributed by atoms with Crippen LogP contribution < -0.4 is 5.43 Å². The number of para-hydroxylation sites is 1. The summed E-state index contributed by atoms with van der Waals surface area (Å²) < 4.78 is 2.12. The first-order valence-electron chi connectivity index (χ1n) is 8.17. The monoisotopic (exact) mass is 316 g/mol. The van der Waals surface area contributed by atoms with E-state index in [2.05, 4.69) is 48.5 Å². The maximum atomic E-state index is 12.2. The van der Waals surface area contributed by atoms with Crippen LogP contribution in [0.15, 0.2) is 65.7 Å². The number of pyridine rings is 1. The molecule has 0 unspecified atom stereocenters. The molecule has 0 amide bonds. The molecule has 0 saturated heterocycles. The Bertz CT molecular complexity index is 1110. The Morgan fingerprint density at radius 1 is 1.00 bits per heavy atom. The summed E-state index contributed by atoms with van der Waals surface area (Å²) in [5, 5.41) is 1.94. The lowest BCUT2D eigenvalue weighted by molar-refractivity contribution is 0.587. The fourth-order valence-electron chi connectivity index (χ4n) is 3.30. The fraction of sp³-hybridized carbons (Fsp3) is 0.190. The van der Waals surface area contributed by atoms with Crippen molar-refractivity contribution in [3.05, 3.63) is 76.7 Å². The van der Waals surface area contributed by atoms with Crippen LogP contribution in [0.5, 0.6) is 0 Å². The number of hydrogen-bond acceptors (Lipinski definition) is 1. The summed E-state index contributed by atoms with van der Waals surface area (Å²) in [6.07, 6.45) is 3.84. The maximum absolute atomic E-state index is 12.2. The number of fused-ring (bicyclic) bond motifs is 2. The number of aromatic amines is 1. The summed E-state index contributed by atoms with van der Waals surface area (Å²) in [5.74, 6) is 0. The number of aromatic nitrogens is 2. The van der Waals surface area contributed by atoms with Crippen LogP contribution in [-0.4, -0.2) is 9.55 Å². The van der Waals surface area contributed by atoms with E-state index < -0.39 is 0 Å². The maximum Gasteiger partial charge on any atom is 0.189 e. The Hall–Kier alpha value is -2.81. The van der Waals surface area contributed by atoms with Gasteiger partial charge in [0.15, 0.2) is 5.43 Å². The molecule has 0 aliphatic carbocycles. The van der Waals surface area contributed by atoms with Gasteiger partial charge in [-0.15, -0.1) is 0 Å². The van der Waals surface area contributed by atoms with Crippen LogP contribution >= 0.6 is 0 Å². The lowest BCUT2D eigenvalue weighted by Crippen LogP contribution is -2.16. The quantitative estimate of drug-likeness (QED) is 0.539. The second-order valence-electron chi connectivity index (χ2n) is 7.25. The van der Waals surface area contributed by atoms with Crippen LogP contribution in [0, 0.1) is 0 Å². The van der Waals surface area contributed by atoms with E-state index in [4.69, 9.17) is 0 Å². The number of nitrogens with one attached hydrogen (secondary N) is 1. The van der Waals surface area contributed by atoms with Gasteiger partial charge in [-0.3, -0.25) is 4.79 Å². The van der Waals surface area contributed by atoms with Gasteiger partial charge in [0.2, 0.25) is 0 Å². The molecular weight excluding hydrogens is 296 g/mol. The molecule has 0 fully saturated rings. The molecule has 4 rings (SSSR count). The number of hydrogen-bond donors (Lipinski definition) is 1. The summed E-state index contributed by atoms with van der Waals surface area (Å²) in [5.41, 5.74) is 4.43. The average molecular weight is 316 g/mol. The third-order valence-electron chi connectivity index (χ3n) is 4.54. The van der Waals surface area contributed by atoms with Gasteiger partial charge < -0.3 is 9.55 Å². The fourth-order valence-corrected chi connectivity index (χ4v) is 3.30. The minimum absolute atomic E-state index is 0.00890. The van der Waals surface area contributed by atoms with Crippen molar-refractivity contribution in [1.29, 1.82) is 0 Å². The van der Waals surface area contributed by atoms with Gasteiger partial charge in [-0.1, -0.05) is 32.9 Å². The summed E-state index contributed by atoms with van der Waals surface area (Å²) in [6.45, 7) is 6.65. The predicted octanol–water partition coefficient (Wildman–Crippen LogP) is 4.77. The number of rotatable bonds is 1. The van der Waals surface area contributed by atoms with E-state index in [1.54, 1.807) is 6.07 Å². The molecule has 0 aliphatic rings. The lowest BCUT2D eigenvalue weighted by Gasteiger charge is -2.25. The second-order valence-corrected chi connectivity index (χ2v) is 7.25. The van der Waals surface area contributed by atoms with E-state index in [1.807, 2.05) is 36.7 Å². The summed E-state index contributed by atoms with van der Waals surface area (Å²) in [7, 11) is 0. The van der Waals surface area contributed by atoms with E-state index in [-0.39, 0.29) is 10.8 Å². The zero-order valence-electron chi connectivity index (χ0n) is 14.1. The zero-order valence-corrected chi connectivity index (χ0v) is 14.1. The molecular formula is C21H20N2O. The Labute approximate surface area is 140 Å². The summed E-state index contributed by atoms with van der Waals surface area (Å²) in [6, 6.07) is 15.9. The van der Waals surface area contributed by atoms with Gasteiger partial charge in [-0.2, -0.15) is 0 Å². The normalized spacial score (nSPS) is 12.1. The van der Waals surface area contributed by atoms with Gasteiger partial charge in [-0.25, -0.2) is 0 Å². The van der Waals surface area contributed by atoms with Crippen LogP contribution in [0.3, 0.4) is 0 Å². The molecule has 0 spiro atoms. The largest absolute Gasteiger partial charge is 0.361 e. The molecule has 0 aliphatic heterocycles. The Balaban J connectivity index is 2.14. The highest BCUT2D eigenvalue weighted by Crippen LogP contribution is 2.33. The van der Waals surface area contributed by atoms with Gasteiger partial charge in [0.1, 0.15) is 0 Å². The topological polar surface area (TPSA) is 37.8 Å². The van der Waals surface area contributed by atoms with Crippen molar-refractivity contribution < 1.29 is 0 Å². The zero-order chi connectivity index (χ0) is 16.9. The van der Waals surface area contributed by atoms with Crippen molar-refractivity contribution >= 4 is 21.8 Å². The molecule has 2 aromatic carbocycles. The SMILES string of the molecule is CC(C)(C)c1cc2cc[nH]c2cc1-n1ccc(=O)c2ccccc21. The smallest absolute Gasteiger partial charge is 0.189 e. The first-order valence-corrected chi connectivity index (χ1v) is 8.17. The van der Waals surface area contributed by atoms with Gasteiger partial charge in [0.05, 0.1) is 11.2 Å². The van der Waals surface area contributed by atoms with E-state index in [1.165, 1.54) is 10.9 Å². The van der Waals surface area contributed by atoms with Gasteiger partial charge in [0.25, 0.3) is 0 Å². The van der Waals surface area contributed by atoms with Gasteiger partial charge >= 0.3 is 0 Å². The van der Waals surface area contributed by atoms with Crippen LogP contribution in [0.2, 0.25) is 0 Å². The predicted molar refractivity (Wildman–Crippen MR) is 100 cm³/mol. The molecule has 3 heteroatoms. The highest BCUT2D eigenvalue weighted by atomic mass is 16.1. The van der Waals surface area contributed by atoms with E-state index >= 15 is 0 Å². The molecule has 3 nitrogen and oxygen atoms in total. The highest BCUT2D eigenvalue weighted by molar-refractivity contribution is 5.86. The second kappa shape index (κ2) is 5.10. The van der Waals surface area contributed by atoms with Crippen LogP contribution in [0.4, 0.5) is 0 Å². The minimum atomic E-state index is -0.00890. The van der Waals surface area contributed by atoms with Crippen molar-refractivity contribution in [3.8, 4) is 5.69 Å². The molecule has 0 atom stereocenters. The van der Waals surface area contributed by atoms with Crippen LogP contribution in [0.1, 0.15) is 26.3 Å². The molecule has 0 saturated carbocycles. The average Bonchev–Trinajstić information content (AvgIpc) is 3.01. The third-order valence-corrected chi connectivity index (χ3v) is 4.54. The third kappa shape index (κ3) is 2.24. The van der Waals surface area contributed by atoms with Crippen molar-refractivity contribution in [3.63, 3.8) is 0 Å². The van der Waals surface area contributed by atoms with Crippen molar-refractivity contribution in [1.82, 2.24) is 9.55 Å². The standard InChI is InChI=1S/C21H20N2O/c1-21(2,3)16-12-14-8-10-22-17(14)13-19(16)23-11-9-20(24)15-6-4-5-7-18(15)23/h4-13,22H,1-3H3. The summed E-state index contributed by atoms with van der Waals surface area (Å²) >= 11 is 0. The molecule has 0 bridgehead atoms. The number of nitrogens with zero attached hydrogens (tertiary/aromatic N) is 1. The first kappa shape index (κ1) is 14.8. The molecule has 4 aromatic rings. The van der Waals surface area contributed by atoms with Crippen LogP contribution in [0.25, 0.3) is 27.5 Å². The molecule has 1 N–H and O–H groups in total. The van der Waals surface area contributed by atoms with E-state index in [0.29, 0.717) is 0 Å². The molecule has 24 heavy (non-hydrogen) atoms. The van der Waals surface area contributed by atoms with E-state index in [0.717, 1.165) is 22.1 Å². The first-order chi connectivity index (χ1) is 11.4. The highest BCUT2D eigenvalue weighted by Gasteiger charge is 2.20. The van der Waals surface area contributed by atoms with Crippen molar-refractivity contribution in [2.24, 2.45) is 0 Å². The Morgan fingerprint density at radius 2 is 1.79 bits per heavy atom. The Morgan fingerprint density at radius 3 is 2.58 bits per heavy atom. The minimum Gasteiger partial charge on any atom is -0.361 e. The van der Waals surface area contributed by atoms with Crippen molar-refractivity contribution in [2.75, 3.05) is 0 Å². The summed E-state index contributed by atoms with van der Waals surface area (Å²) in [4.78, 5) is 15.5.